The number of carbonyl (C=O) groups excluding carboxylic acids is 1. The number of amides is 1. The molecule has 1 heterocycles. The van der Waals surface area contributed by atoms with Crippen LogP contribution in [0.5, 0.6) is 5.75 Å². The lowest BCUT2D eigenvalue weighted by molar-refractivity contribution is -0.918. The zero-order chi connectivity index (χ0) is 20.6. The maximum absolute atomic E-state index is 12.6. The van der Waals surface area contributed by atoms with E-state index in [1.807, 2.05) is 31.2 Å². The average Bonchev–Trinajstić information content (AvgIpc) is 3.25. The fraction of sp³-hybridized carbons (Fsp3) is 0.458. The molecule has 0 saturated carbocycles. The van der Waals surface area contributed by atoms with Gasteiger partial charge in [-0.3, -0.25) is 4.79 Å². The SMILES string of the molecule is CCOc1ccc(CC(=O)NC[C@@H](c2ccc(N(C)C)cc2)[NH+]2CCCC2)cc1. The lowest BCUT2D eigenvalue weighted by Crippen LogP contribution is -3.11. The first-order chi connectivity index (χ1) is 14.1. The van der Waals surface area contributed by atoms with Crippen LogP contribution in [0, 0.1) is 0 Å². The minimum absolute atomic E-state index is 0.0719. The Morgan fingerprint density at radius 2 is 1.72 bits per heavy atom. The van der Waals surface area contributed by atoms with Crippen molar-refractivity contribution in [1.29, 1.82) is 0 Å². The molecule has 1 fully saturated rings. The van der Waals surface area contributed by atoms with Crippen molar-refractivity contribution in [3.63, 3.8) is 0 Å². The van der Waals surface area contributed by atoms with Crippen LogP contribution in [-0.4, -0.2) is 46.2 Å². The van der Waals surface area contributed by atoms with Gasteiger partial charge in [-0.25, -0.2) is 0 Å². The van der Waals surface area contributed by atoms with Crippen molar-refractivity contribution in [1.82, 2.24) is 5.32 Å². The van der Waals surface area contributed by atoms with Crippen LogP contribution >= 0.6 is 0 Å². The summed E-state index contributed by atoms with van der Waals surface area (Å²) in [6, 6.07) is 16.8. The molecule has 5 nitrogen and oxygen atoms in total. The van der Waals surface area contributed by atoms with Gasteiger partial charge in [0.05, 0.1) is 32.7 Å². The van der Waals surface area contributed by atoms with E-state index in [1.54, 1.807) is 4.90 Å². The molecule has 5 heteroatoms. The van der Waals surface area contributed by atoms with Crippen LogP contribution in [0.25, 0.3) is 0 Å². The Bertz CT molecular complexity index is 766. The maximum atomic E-state index is 12.6. The topological polar surface area (TPSA) is 46.0 Å². The molecular formula is C24H34N3O2+. The molecule has 0 bridgehead atoms. The third-order valence-corrected chi connectivity index (χ3v) is 5.65. The van der Waals surface area contributed by atoms with Gasteiger partial charge in [0.25, 0.3) is 0 Å². The number of likely N-dealkylation sites (tertiary alicyclic amines) is 1. The number of benzene rings is 2. The summed E-state index contributed by atoms with van der Waals surface area (Å²) in [5, 5.41) is 3.18. The van der Waals surface area contributed by atoms with Gasteiger partial charge in [-0.15, -0.1) is 0 Å². The number of rotatable bonds is 9. The van der Waals surface area contributed by atoms with Crippen molar-refractivity contribution in [3.05, 3.63) is 59.7 Å². The van der Waals surface area contributed by atoms with Gasteiger partial charge in [0.15, 0.2) is 0 Å². The van der Waals surface area contributed by atoms with Gasteiger partial charge in [0.2, 0.25) is 5.91 Å². The molecule has 3 rings (SSSR count). The average molecular weight is 397 g/mol. The van der Waals surface area contributed by atoms with Gasteiger partial charge in [0.1, 0.15) is 11.8 Å². The number of carbonyl (C=O) groups is 1. The van der Waals surface area contributed by atoms with Crippen LogP contribution in [0.3, 0.4) is 0 Å². The predicted molar refractivity (Wildman–Crippen MR) is 118 cm³/mol. The lowest BCUT2D eigenvalue weighted by atomic mass is 10.0. The highest BCUT2D eigenvalue weighted by molar-refractivity contribution is 5.78. The van der Waals surface area contributed by atoms with Crippen molar-refractivity contribution in [2.75, 3.05) is 45.2 Å². The molecular weight excluding hydrogens is 362 g/mol. The van der Waals surface area contributed by atoms with Crippen LogP contribution in [-0.2, 0) is 11.2 Å². The zero-order valence-corrected chi connectivity index (χ0v) is 17.9. The van der Waals surface area contributed by atoms with E-state index in [0.717, 1.165) is 11.3 Å². The minimum Gasteiger partial charge on any atom is -0.494 e. The van der Waals surface area contributed by atoms with E-state index in [0.29, 0.717) is 25.6 Å². The molecule has 1 saturated heterocycles. The smallest absolute Gasteiger partial charge is 0.224 e. The third kappa shape index (κ3) is 5.97. The summed E-state index contributed by atoms with van der Waals surface area (Å²) in [6.07, 6.45) is 2.93. The zero-order valence-electron chi connectivity index (χ0n) is 17.9. The summed E-state index contributed by atoms with van der Waals surface area (Å²) in [5.41, 5.74) is 3.50. The minimum atomic E-state index is 0.0719. The van der Waals surface area contributed by atoms with Gasteiger partial charge >= 0.3 is 0 Å². The van der Waals surface area contributed by atoms with Crippen molar-refractivity contribution in [2.24, 2.45) is 0 Å². The van der Waals surface area contributed by atoms with Gasteiger partial charge in [-0.2, -0.15) is 0 Å². The molecule has 0 aliphatic carbocycles. The quantitative estimate of drug-likeness (QED) is 0.683. The Balaban J connectivity index is 1.61. The van der Waals surface area contributed by atoms with Crippen molar-refractivity contribution >= 4 is 11.6 Å². The highest BCUT2D eigenvalue weighted by atomic mass is 16.5. The van der Waals surface area contributed by atoms with Crippen LogP contribution in [0.1, 0.15) is 36.9 Å². The molecule has 1 aliphatic heterocycles. The second-order valence-corrected chi connectivity index (χ2v) is 7.96. The van der Waals surface area contributed by atoms with Gasteiger partial charge in [0, 0.05) is 38.2 Å². The summed E-state index contributed by atoms with van der Waals surface area (Å²) < 4.78 is 5.47. The number of hydrogen-bond acceptors (Lipinski definition) is 3. The van der Waals surface area contributed by atoms with E-state index < -0.39 is 0 Å². The Labute approximate surface area is 174 Å². The van der Waals surface area contributed by atoms with Gasteiger partial charge in [-0.05, 0) is 36.8 Å². The highest BCUT2D eigenvalue weighted by Crippen LogP contribution is 2.17. The highest BCUT2D eigenvalue weighted by Gasteiger charge is 2.27. The summed E-state index contributed by atoms with van der Waals surface area (Å²) in [5.74, 6) is 0.915. The third-order valence-electron chi connectivity index (χ3n) is 5.65. The normalized spacial score (nSPS) is 15.1. The number of nitrogens with zero attached hydrogens (tertiary/aromatic N) is 1. The first-order valence-corrected chi connectivity index (χ1v) is 10.7. The molecule has 0 unspecified atom stereocenters. The summed E-state index contributed by atoms with van der Waals surface area (Å²) >= 11 is 0. The van der Waals surface area contributed by atoms with E-state index in [4.69, 9.17) is 4.74 Å². The first kappa shape index (κ1) is 21.2. The molecule has 156 valence electrons. The second kappa shape index (κ2) is 10.3. The second-order valence-electron chi connectivity index (χ2n) is 7.96. The molecule has 0 spiro atoms. The molecule has 2 aromatic carbocycles. The molecule has 2 N–H and O–H groups in total. The van der Waals surface area contributed by atoms with E-state index >= 15 is 0 Å². The maximum Gasteiger partial charge on any atom is 0.224 e. The first-order valence-electron chi connectivity index (χ1n) is 10.7. The lowest BCUT2D eigenvalue weighted by Gasteiger charge is -2.26. The summed E-state index contributed by atoms with van der Waals surface area (Å²) in [4.78, 5) is 16.2. The predicted octanol–water partition coefficient (Wildman–Crippen LogP) is 2.23. The van der Waals surface area contributed by atoms with Gasteiger partial charge in [-0.1, -0.05) is 24.3 Å². The number of hydrogen-bond donors (Lipinski definition) is 2. The Hall–Kier alpha value is -2.53. The summed E-state index contributed by atoms with van der Waals surface area (Å²) in [7, 11) is 4.11. The van der Waals surface area contributed by atoms with Crippen molar-refractivity contribution in [2.45, 2.75) is 32.2 Å². The molecule has 1 aliphatic rings. The monoisotopic (exact) mass is 396 g/mol. The largest absolute Gasteiger partial charge is 0.494 e. The van der Waals surface area contributed by atoms with Crippen LogP contribution in [0.4, 0.5) is 5.69 Å². The fourth-order valence-corrected chi connectivity index (χ4v) is 4.01. The van der Waals surface area contributed by atoms with Crippen molar-refractivity contribution in [3.8, 4) is 5.75 Å². The van der Waals surface area contributed by atoms with Crippen LogP contribution in [0.2, 0.25) is 0 Å². The van der Waals surface area contributed by atoms with Crippen LogP contribution < -0.4 is 19.9 Å². The Morgan fingerprint density at radius 1 is 1.07 bits per heavy atom. The standard InChI is InChI=1S/C24H33N3O2/c1-4-29-22-13-7-19(8-14-22)17-24(28)25-18-23(27-15-5-6-16-27)20-9-11-21(12-10-20)26(2)3/h7-14,23H,4-6,15-18H2,1-3H3,(H,25,28)/p+1/t23-/m0/s1. The van der Waals surface area contributed by atoms with Crippen molar-refractivity contribution < 1.29 is 14.4 Å². The summed E-state index contributed by atoms with van der Waals surface area (Å²) in [6.45, 7) is 5.64. The van der Waals surface area contributed by atoms with Crippen LogP contribution in [0.15, 0.2) is 48.5 Å². The Kier molecular flexibility index (Phi) is 7.53. The Morgan fingerprint density at radius 3 is 2.31 bits per heavy atom. The van der Waals surface area contributed by atoms with E-state index in [9.17, 15) is 4.79 Å². The van der Waals surface area contributed by atoms with E-state index in [-0.39, 0.29) is 5.91 Å². The number of anilines is 1. The molecule has 0 aromatic heterocycles. The fourth-order valence-electron chi connectivity index (χ4n) is 4.01. The molecule has 1 atom stereocenters. The van der Waals surface area contributed by atoms with Gasteiger partial charge < -0.3 is 19.9 Å². The van der Waals surface area contributed by atoms with E-state index in [2.05, 4.69) is 48.6 Å². The number of nitrogens with one attached hydrogen (secondary N) is 2. The number of ether oxygens (including phenoxy) is 1. The molecule has 0 radical (unpaired) electrons. The number of quaternary nitrogens is 1. The van der Waals surface area contributed by atoms with E-state index in [1.165, 1.54) is 37.2 Å². The molecule has 1 amide bonds. The molecule has 2 aromatic rings. The molecule has 29 heavy (non-hydrogen) atoms.